The number of ether oxygens (including phenoxy) is 1. The van der Waals surface area contributed by atoms with Gasteiger partial charge in [0.05, 0.1) is 12.0 Å². The second-order valence-electron chi connectivity index (χ2n) is 5.06. The van der Waals surface area contributed by atoms with Crippen LogP contribution in [0.2, 0.25) is 0 Å². The first kappa shape index (κ1) is 14.0. The number of carbonyl (C=O) groups is 1. The van der Waals surface area contributed by atoms with Gasteiger partial charge < -0.3 is 15.4 Å². The molecular weight excluding hydrogens is 240 g/mol. The van der Waals surface area contributed by atoms with E-state index in [1.165, 1.54) is 0 Å². The maximum Gasteiger partial charge on any atom is 0.230 e. The van der Waals surface area contributed by atoms with Gasteiger partial charge in [0, 0.05) is 18.3 Å². The van der Waals surface area contributed by atoms with E-state index in [2.05, 4.69) is 17.6 Å². The van der Waals surface area contributed by atoms with Gasteiger partial charge in [-0.1, -0.05) is 18.2 Å². The van der Waals surface area contributed by atoms with Crippen LogP contribution in [-0.4, -0.2) is 25.7 Å². The molecule has 104 valence electrons. The minimum atomic E-state index is -0.0436. The number of anilines is 1. The monoisotopic (exact) mass is 262 g/mol. The highest BCUT2D eigenvalue weighted by Crippen LogP contribution is 2.26. The molecule has 1 aromatic carbocycles. The highest BCUT2D eigenvalue weighted by Gasteiger charge is 2.31. The van der Waals surface area contributed by atoms with Gasteiger partial charge in [0.25, 0.3) is 0 Å². The van der Waals surface area contributed by atoms with E-state index < -0.39 is 0 Å². The molecule has 1 aromatic rings. The van der Waals surface area contributed by atoms with Crippen molar-refractivity contribution in [3.63, 3.8) is 0 Å². The maximum atomic E-state index is 12.3. The van der Waals surface area contributed by atoms with Gasteiger partial charge in [-0.3, -0.25) is 4.79 Å². The molecule has 1 heterocycles. The van der Waals surface area contributed by atoms with Crippen LogP contribution >= 0.6 is 0 Å². The number of benzene rings is 1. The third kappa shape index (κ3) is 3.14. The molecule has 0 saturated carbocycles. The van der Waals surface area contributed by atoms with Gasteiger partial charge in [0.2, 0.25) is 5.91 Å². The van der Waals surface area contributed by atoms with Crippen LogP contribution in [0.5, 0.6) is 0 Å². The maximum absolute atomic E-state index is 12.3. The third-order valence-corrected chi connectivity index (χ3v) is 3.83. The second kappa shape index (κ2) is 6.17. The Morgan fingerprint density at radius 2 is 2.16 bits per heavy atom. The van der Waals surface area contributed by atoms with Gasteiger partial charge in [-0.25, -0.2) is 0 Å². The molecule has 4 nitrogen and oxygen atoms in total. The smallest absolute Gasteiger partial charge is 0.230 e. The van der Waals surface area contributed by atoms with Gasteiger partial charge in [-0.15, -0.1) is 0 Å². The summed E-state index contributed by atoms with van der Waals surface area (Å²) in [5.41, 5.74) is 1.98. The van der Waals surface area contributed by atoms with Crippen LogP contribution in [0.3, 0.4) is 0 Å². The quantitative estimate of drug-likeness (QED) is 0.875. The lowest BCUT2D eigenvalue weighted by Crippen LogP contribution is -2.28. The summed E-state index contributed by atoms with van der Waals surface area (Å²) in [6, 6.07) is 8.11. The molecule has 0 aromatic heterocycles. The lowest BCUT2D eigenvalue weighted by molar-refractivity contribution is -0.121. The molecular formula is C15H22N2O2. The zero-order valence-corrected chi connectivity index (χ0v) is 11.8. The van der Waals surface area contributed by atoms with Gasteiger partial charge in [0.1, 0.15) is 0 Å². The summed E-state index contributed by atoms with van der Waals surface area (Å²) in [4.78, 5) is 12.3. The van der Waals surface area contributed by atoms with E-state index in [9.17, 15) is 4.79 Å². The Morgan fingerprint density at radius 1 is 1.42 bits per heavy atom. The van der Waals surface area contributed by atoms with E-state index >= 15 is 0 Å². The first-order chi connectivity index (χ1) is 9.13. The molecule has 1 aliphatic rings. The summed E-state index contributed by atoms with van der Waals surface area (Å²) in [5.74, 6) is 0.0127. The van der Waals surface area contributed by atoms with Gasteiger partial charge in [0.15, 0.2) is 0 Å². The Kier molecular flexibility index (Phi) is 4.56. The predicted molar refractivity (Wildman–Crippen MR) is 76.1 cm³/mol. The molecule has 0 radical (unpaired) electrons. The fourth-order valence-electron chi connectivity index (χ4n) is 2.45. The topological polar surface area (TPSA) is 50.4 Å². The lowest BCUT2D eigenvalue weighted by atomic mass is 10.0. The Hall–Kier alpha value is -1.39. The first-order valence-corrected chi connectivity index (χ1v) is 6.82. The minimum Gasteiger partial charge on any atom is -0.378 e. The van der Waals surface area contributed by atoms with Crippen LogP contribution in [0.25, 0.3) is 0 Å². The van der Waals surface area contributed by atoms with Gasteiger partial charge in [-0.05, 0) is 38.9 Å². The molecule has 0 spiro atoms. The standard InChI is InChI=1S/C15H22N2O2/c1-10(16-3)12-6-4-5-7-14(12)17-15(18)13-8-9-19-11(13)2/h4-7,10-11,13,16H,8-9H2,1-3H3,(H,17,18). The third-order valence-electron chi connectivity index (χ3n) is 3.83. The van der Waals surface area contributed by atoms with Crippen LogP contribution in [0.1, 0.15) is 31.9 Å². The second-order valence-corrected chi connectivity index (χ2v) is 5.06. The molecule has 2 rings (SSSR count). The SMILES string of the molecule is CNC(C)c1ccccc1NC(=O)C1CCOC1C. The molecule has 0 bridgehead atoms. The number of rotatable bonds is 4. The summed E-state index contributed by atoms with van der Waals surface area (Å²) in [5, 5.41) is 6.24. The Balaban J connectivity index is 2.12. The molecule has 3 atom stereocenters. The summed E-state index contributed by atoms with van der Waals surface area (Å²) in [6.07, 6.45) is 0.811. The number of carbonyl (C=O) groups excluding carboxylic acids is 1. The van der Waals surface area contributed by atoms with E-state index in [1.807, 2.05) is 38.2 Å². The van der Waals surface area contributed by atoms with Crippen molar-refractivity contribution in [1.82, 2.24) is 5.32 Å². The normalized spacial score (nSPS) is 24.2. The average Bonchev–Trinajstić information content (AvgIpc) is 2.85. The van der Waals surface area contributed by atoms with Crippen LogP contribution in [0.15, 0.2) is 24.3 Å². The van der Waals surface area contributed by atoms with Crippen LogP contribution in [0, 0.1) is 5.92 Å². The molecule has 1 amide bonds. The van der Waals surface area contributed by atoms with Crippen molar-refractivity contribution in [2.75, 3.05) is 19.0 Å². The van der Waals surface area contributed by atoms with Crippen molar-refractivity contribution in [2.24, 2.45) is 5.92 Å². The molecule has 1 fully saturated rings. The van der Waals surface area contributed by atoms with Crippen molar-refractivity contribution in [2.45, 2.75) is 32.4 Å². The van der Waals surface area contributed by atoms with Gasteiger partial charge in [-0.2, -0.15) is 0 Å². The van der Waals surface area contributed by atoms with Crippen molar-refractivity contribution >= 4 is 11.6 Å². The summed E-state index contributed by atoms with van der Waals surface area (Å²) in [6.45, 7) is 4.71. The molecule has 19 heavy (non-hydrogen) atoms. The first-order valence-electron chi connectivity index (χ1n) is 6.82. The van der Waals surface area contributed by atoms with Gasteiger partial charge >= 0.3 is 0 Å². The van der Waals surface area contributed by atoms with Crippen molar-refractivity contribution in [1.29, 1.82) is 0 Å². The highest BCUT2D eigenvalue weighted by molar-refractivity contribution is 5.93. The van der Waals surface area contributed by atoms with Crippen molar-refractivity contribution in [3.05, 3.63) is 29.8 Å². The Morgan fingerprint density at radius 3 is 2.79 bits per heavy atom. The van der Waals surface area contributed by atoms with Crippen molar-refractivity contribution < 1.29 is 9.53 Å². The molecule has 1 saturated heterocycles. The zero-order valence-electron chi connectivity index (χ0n) is 11.8. The Bertz CT molecular complexity index is 448. The molecule has 3 unspecified atom stereocenters. The van der Waals surface area contributed by atoms with E-state index in [1.54, 1.807) is 0 Å². The number of hydrogen-bond donors (Lipinski definition) is 2. The van der Waals surface area contributed by atoms with E-state index in [0.29, 0.717) is 6.61 Å². The fourth-order valence-corrected chi connectivity index (χ4v) is 2.45. The van der Waals surface area contributed by atoms with Crippen LogP contribution < -0.4 is 10.6 Å². The van der Waals surface area contributed by atoms with E-state index in [4.69, 9.17) is 4.74 Å². The minimum absolute atomic E-state index is 0.00823. The number of amides is 1. The van der Waals surface area contributed by atoms with E-state index in [-0.39, 0.29) is 24.0 Å². The molecule has 4 heteroatoms. The predicted octanol–water partition coefficient (Wildman–Crippen LogP) is 2.33. The highest BCUT2D eigenvalue weighted by atomic mass is 16.5. The van der Waals surface area contributed by atoms with Crippen molar-refractivity contribution in [3.8, 4) is 0 Å². The molecule has 0 aliphatic carbocycles. The number of para-hydroxylation sites is 1. The number of nitrogens with one attached hydrogen (secondary N) is 2. The molecule has 2 N–H and O–H groups in total. The van der Waals surface area contributed by atoms with E-state index in [0.717, 1.165) is 17.7 Å². The Labute approximate surface area is 114 Å². The lowest BCUT2D eigenvalue weighted by Gasteiger charge is -2.19. The largest absolute Gasteiger partial charge is 0.378 e. The fraction of sp³-hybridized carbons (Fsp3) is 0.533. The van der Waals surface area contributed by atoms with Crippen LogP contribution in [0.4, 0.5) is 5.69 Å². The summed E-state index contributed by atoms with van der Waals surface area (Å²) in [7, 11) is 1.91. The number of hydrogen-bond acceptors (Lipinski definition) is 3. The summed E-state index contributed by atoms with van der Waals surface area (Å²) < 4.78 is 5.45. The average molecular weight is 262 g/mol. The molecule has 1 aliphatic heterocycles. The zero-order chi connectivity index (χ0) is 13.8. The summed E-state index contributed by atoms with van der Waals surface area (Å²) >= 11 is 0. The van der Waals surface area contributed by atoms with Crippen LogP contribution in [-0.2, 0) is 9.53 Å².